The van der Waals surface area contributed by atoms with E-state index in [0.717, 1.165) is 0 Å². The van der Waals surface area contributed by atoms with Gasteiger partial charge in [0.2, 0.25) is 0 Å². The van der Waals surface area contributed by atoms with Crippen LogP contribution in [0.3, 0.4) is 0 Å². The maximum atomic E-state index is 2.39. The molecule has 0 aliphatic carbocycles. The second-order valence-electron chi connectivity index (χ2n) is 10.1. The van der Waals surface area contributed by atoms with E-state index in [1.807, 2.05) is 30.3 Å². The van der Waals surface area contributed by atoms with Crippen molar-refractivity contribution in [1.29, 1.82) is 0 Å². The van der Waals surface area contributed by atoms with Crippen molar-refractivity contribution in [2.24, 2.45) is 0 Å². The summed E-state index contributed by atoms with van der Waals surface area (Å²) >= 11 is 0. The summed E-state index contributed by atoms with van der Waals surface area (Å²) < 4.78 is 0. The number of hydrogen-bond donors (Lipinski definition) is 0. The molecule has 0 aromatic heterocycles. The van der Waals surface area contributed by atoms with Gasteiger partial charge in [0.15, 0.2) is 0 Å². The standard InChI is InChI=1S/C33H31P2.C5H5.Zr/c1-24-14-5-9-18-28(24)34(29-19-10-6-15-25(29)2)32-22-13-23-33(32)35(30-20-11-7-16-26(30)3)31-21-12-8-17-27(31)4;1-2-4-5-3-1;/h5-23H,1-4H3;1-5H;/q-1;-5;. The molecule has 208 valence electrons. The van der Waals surface area contributed by atoms with Gasteiger partial charge in [0, 0.05) is 26.2 Å². The minimum absolute atomic E-state index is 0. The van der Waals surface area contributed by atoms with Gasteiger partial charge in [-0.25, -0.2) is 12.1 Å². The average Bonchev–Trinajstić information content (AvgIpc) is 3.70. The van der Waals surface area contributed by atoms with Gasteiger partial charge in [0.25, 0.3) is 0 Å². The van der Waals surface area contributed by atoms with Crippen molar-refractivity contribution in [3.05, 3.63) is 168 Å². The molecule has 0 spiro atoms. The van der Waals surface area contributed by atoms with Crippen LogP contribution in [-0.4, -0.2) is 0 Å². The van der Waals surface area contributed by atoms with Gasteiger partial charge in [0.05, 0.1) is 0 Å². The normalized spacial score (nSPS) is 10.7. The summed E-state index contributed by atoms with van der Waals surface area (Å²) in [4.78, 5) is 0. The maximum Gasteiger partial charge on any atom is 0 e. The number of hydrogen-bond acceptors (Lipinski definition) is 0. The van der Waals surface area contributed by atoms with Gasteiger partial charge >= 0.3 is 0 Å². The van der Waals surface area contributed by atoms with Crippen molar-refractivity contribution in [1.82, 2.24) is 0 Å². The summed E-state index contributed by atoms with van der Waals surface area (Å²) in [7, 11) is -1.38. The first-order chi connectivity index (χ1) is 19.6. The van der Waals surface area contributed by atoms with Crippen molar-refractivity contribution in [3.63, 3.8) is 0 Å². The zero-order chi connectivity index (χ0) is 27.9. The second kappa shape index (κ2) is 15.0. The van der Waals surface area contributed by atoms with Crippen LogP contribution in [0, 0.1) is 27.7 Å². The van der Waals surface area contributed by atoms with Crippen molar-refractivity contribution >= 4 is 47.7 Å². The van der Waals surface area contributed by atoms with E-state index in [-0.39, 0.29) is 26.2 Å². The zero-order valence-electron chi connectivity index (χ0n) is 24.3. The van der Waals surface area contributed by atoms with Gasteiger partial charge in [-0.05, 0) is 79.1 Å². The molecule has 0 unspecified atom stereocenters. The van der Waals surface area contributed by atoms with Gasteiger partial charge in [-0.15, -0.1) is 10.6 Å². The fourth-order valence-corrected chi connectivity index (χ4v) is 11.0. The maximum absolute atomic E-state index is 2.39. The molecule has 41 heavy (non-hydrogen) atoms. The Labute approximate surface area is 267 Å². The van der Waals surface area contributed by atoms with Gasteiger partial charge < -0.3 is 30.3 Å². The summed E-state index contributed by atoms with van der Waals surface area (Å²) in [6, 6.07) is 52.9. The Bertz CT molecular complexity index is 1440. The van der Waals surface area contributed by atoms with Crippen molar-refractivity contribution in [2.45, 2.75) is 27.7 Å². The molecule has 0 saturated carbocycles. The predicted octanol–water partition coefficient (Wildman–Crippen LogP) is 7.56. The largest absolute Gasteiger partial charge is 0.748 e. The fraction of sp³-hybridized carbons (Fsp3) is 0.105. The minimum atomic E-state index is -0.688. The number of rotatable bonds is 6. The van der Waals surface area contributed by atoms with E-state index in [2.05, 4.69) is 143 Å². The fourth-order valence-electron chi connectivity index (χ4n) is 5.14. The van der Waals surface area contributed by atoms with Crippen LogP contribution in [0.25, 0.3) is 0 Å². The number of aryl methyl sites for hydroxylation is 4. The Hall–Kier alpha value is -2.68. The first-order valence-electron chi connectivity index (χ1n) is 13.8. The predicted molar refractivity (Wildman–Crippen MR) is 180 cm³/mol. The Morgan fingerprint density at radius 2 is 0.780 bits per heavy atom. The summed E-state index contributed by atoms with van der Waals surface area (Å²) in [6.45, 7) is 9.04. The van der Waals surface area contributed by atoms with Crippen molar-refractivity contribution in [3.8, 4) is 0 Å². The third-order valence-electron chi connectivity index (χ3n) is 7.23. The van der Waals surface area contributed by atoms with E-state index in [4.69, 9.17) is 0 Å². The Morgan fingerprint density at radius 3 is 1.15 bits per heavy atom. The van der Waals surface area contributed by atoms with Crippen molar-refractivity contribution in [2.75, 3.05) is 0 Å². The van der Waals surface area contributed by atoms with Crippen LogP contribution in [0.4, 0.5) is 0 Å². The molecule has 0 bridgehead atoms. The molecule has 0 N–H and O–H groups in total. The molecule has 0 radical (unpaired) electrons. The first kappa shape index (κ1) is 31.3. The monoisotopic (exact) mass is 644 g/mol. The smallest absolute Gasteiger partial charge is 0 e. The van der Waals surface area contributed by atoms with E-state index < -0.39 is 15.8 Å². The van der Waals surface area contributed by atoms with Crippen LogP contribution < -0.4 is 31.8 Å². The third kappa shape index (κ3) is 7.22. The Balaban J connectivity index is 0.000000584. The molecular formula is C38H36P2Zr-6. The summed E-state index contributed by atoms with van der Waals surface area (Å²) in [5.41, 5.74) is 5.46. The molecule has 0 fully saturated rings. The molecule has 0 saturated heterocycles. The quantitative estimate of drug-likeness (QED) is 0.130. The molecule has 0 heterocycles. The SMILES string of the molecule is Cc1ccccc1P(c1ccccc1C)c1ccc[c-]1P(c1ccccc1C)c1ccccc1C.[Zr].[cH-]1[cH-][cH-][cH-][cH-]1. The van der Waals surface area contributed by atoms with Gasteiger partial charge in [-0.2, -0.15) is 6.07 Å². The number of benzene rings is 4. The molecule has 3 heteroatoms. The molecular weight excluding hydrogens is 610 g/mol. The van der Waals surface area contributed by atoms with E-state index in [1.165, 1.54) is 54.1 Å². The third-order valence-corrected chi connectivity index (χ3v) is 13.1. The molecule has 0 atom stereocenters. The van der Waals surface area contributed by atoms with Crippen LogP contribution in [0.5, 0.6) is 0 Å². The van der Waals surface area contributed by atoms with Gasteiger partial charge in [0.1, 0.15) is 0 Å². The Kier molecular flexibility index (Phi) is 11.4. The second-order valence-corrected chi connectivity index (χ2v) is 14.3. The minimum Gasteiger partial charge on any atom is -0.748 e. The first-order valence-corrected chi connectivity index (χ1v) is 16.5. The summed E-state index contributed by atoms with van der Waals surface area (Å²) in [6.07, 6.45) is 0. The summed E-state index contributed by atoms with van der Waals surface area (Å²) in [5, 5.41) is 8.78. The van der Waals surface area contributed by atoms with Crippen LogP contribution in [0.2, 0.25) is 0 Å². The van der Waals surface area contributed by atoms with Crippen molar-refractivity contribution < 1.29 is 26.2 Å². The average molecular weight is 646 g/mol. The van der Waals surface area contributed by atoms with E-state index >= 15 is 0 Å². The molecule has 6 aromatic rings. The molecule has 0 amide bonds. The van der Waals surface area contributed by atoms with Gasteiger partial charge in [-0.3, -0.25) is 0 Å². The molecule has 6 aromatic carbocycles. The Morgan fingerprint density at radius 1 is 0.439 bits per heavy atom. The van der Waals surface area contributed by atoms with Gasteiger partial charge in [-0.1, -0.05) is 105 Å². The van der Waals surface area contributed by atoms with Crippen LogP contribution in [-0.2, 0) is 26.2 Å². The van der Waals surface area contributed by atoms with Crippen LogP contribution in [0.1, 0.15) is 22.3 Å². The molecule has 0 aliphatic rings. The van der Waals surface area contributed by atoms with E-state index in [9.17, 15) is 0 Å². The molecule has 0 nitrogen and oxygen atoms in total. The van der Waals surface area contributed by atoms with E-state index in [1.54, 1.807) is 0 Å². The zero-order valence-corrected chi connectivity index (χ0v) is 28.5. The molecule has 6 rings (SSSR count). The van der Waals surface area contributed by atoms with Crippen LogP contribution in [0.15, 0.2) is 146 Å². The molecule has 0 aliphatic heterocycles. The van der Waals surface area contributed by atoms with E-state index in [0.29, 0.717) is 0 Å². The summed E-state index contributed by atoms with van der Waals surface area (Å²) in [5.74, 6) is 0. The topological polar surface area (TPSA) is 0 Å². The van der Waals surface area contributed by atoms with Crippen LogP contribution >= 0.6 is 15.8 Å².